The molecule has 32 heavy (non-hydrogen) atoms. The molecule has 2 fully saturated rings. The molecule has 4 rings (SSSR count). The number of hydrogen-bond donors (Lipinski definition) is 2. The molecule has 172 valence electrons. The van der Waals surface area contributed by atoms with Crippen LogP contribution in [0.5, 0.6) is 0 Å². The van der Waals surface area contributed by atoms with Crippen molar-refractivity contribution in [3.63, 3.8) is 0 Å². The van der Waals surface area contributed by atoms with E-state index in [9.17, 15) is 18.0 Å². The summed E-state index contributed by atoms with van der Waals surface area (Å²) in [6.07, 6.45) is 8.68. The van der Waals surface area contributed by atoms with Crippen molar-refractivity contribution in [3.8, 4) is 0 Å². The Morgan fingerprint density at radius 1 is 1.06 bits per heavy atom. The summed E-state index contributed by atoms with van der Waals surface area (Å²) in [7, 11) is -3.63. The lowest BCUT2D eigenvalue weighted by atomic mass is 9.99. The van der Waals surface area contributed by atoms with Crippen LogP contribution in [0.1, 0.15) is 38.5 Å². The molecule has 2 amide bonds. The number of nitrogens with one attached hydrogen (secondary N) is 2. The lowest BCUT2D eigenvalue weighted by Gasteiger charge is -2.31. The number of anilines is 1. The molecule has 1 saturated carbocycles. The summed E-state index contributed by atoms with van der Waals surface area (Å²) >= 11 is 0. The number of rotatable bonds is 7. The molecular weight excluding hydrogens is 430 g/mol. The van der Waals surface area contributed by atoms with E-state index in [2.05, 4.69) is 15.7 Å². The Morgan fingerprint density at radius 3 is 2.56 bits per heavy atom. The van der Waals surface area contributed by atoms with Crippen molar-refractivity contribution in [2.45, 2.75) is 56.0 Å². The first-order valence-corrected chi connectivity index (χ1v) is 12.5. The maximum Gasteiger partial charge on any atom is 0.243 e. The second-order valence-electron chi connectivity index (χ2n) is 8.48. The first-order chi connectivity index (χ1) is 15.4. The molecule has 1 aliphatic heterocycles. The number of nitrogens with zero attached hydrogens (tertiary/aromatic N) is 3. The van der Waals surface area contributed by atoms with Crippen LogP contribution in [-0.4, -0.2) is 53.4 Å². The summed E-state index contributed by atoms with van der Waals surface area (Å²) in [5, 5.41) is 9.98. The van der Waals surface area contributed by atoms with Crippen LogP contribution in [-0.2, 0) is 26.2 Å². The average molecular weight is 460 g/mol. The maximum absolute atomic E-state index is 12.9. The van der Waals surface area contributed by atoms with Crippen LogP contribution in [0.15, 0.2) is 47.6 Å². The normalized spacial score (nSPS) is 20.2. The van der Waals surface area contributed by atoms with Crippen molar-refractivity contribution < 1.29 is 18.0 Å². The number of aromatic nitrogens is 2. The van der Waals surface area contributed by atoms with Crippen molar-refractivity contribution in [2.24, 2.45) is 5.92 Å². The minimum Gasteiger partial charge on any atom is -0.352 e. The number of amides is 2. The van der Waals surface area contributed by atoms with Crippen LogP contribution in [0.4, 0.5) is 5.69 Å². The zero-order chi connectivity index (χ0) is 22.6. The van der Waals surface area contributed by atoms with E-state index in [1.165, 1.54) is 15.2 Å². The molecule has 1 aromatic carbocycles. The van der Waals surface area contributed by atoms with Gasteiger partial charge in [0.05, 0.1) is 22.7 Å². The van der Waals surface area contributed by atoms with Gasteiger partial charge in [0.15, 0.2) is 0 Å². The van der Waals surface area contributed by atoms with Gasteiger partial charge < -0.3 is 10.6 Å². The van der Waals surface area contributed by atoms with Gasteiger partial charge in [0, 0.05) is 25.3 Å². The van der Waals surface area contributed by atoms with Crippen LogP contribution < -0.4 is 10.6 Å². The molecule has 1 aliphatic carbocycles. The first-order valence-electron chi connectivity index (χ1n) is 11.1. The van der Waals surface area contributed by atoms with Gasteiger partial charge in [0.2, 0.25) is 21.8 Å². The van der Waals surface area contributed by atoms with Crippen LogP contribution >= 0.6 is 0 Å². The third-order valence-electron chi connectivity index (χ3n) is 6.06. The molecule has 2 aromatic rings. The third kappa shape index (κ3) is 5.36. The highest BCUT2D eigenvalue weighted by Gasteiger charge is 2.33. The fourth-order valence-electron chi connectivity index (χ4n) is 4.37. The number of sulfonamides is 1. The molecule has 1 atom stereocenters. The predicted molar refractivity (Wildman–Crippen MR) is 119 cm³/mol. The van der Waals surface area contributed by atoms with Gasteiger partial charge in [-0.2, -0.15) is 9.40 Å². The van der Waals surface area contributed by atoms with Crippen LogP contribution in [0.2, 0.25) is 0 Å². The van der Waals surface area contributed by atoms with Crippen molar-refractivity contribution in [3.05, 3.63) is 42.7 Å². The van der Waals surface area contributed by atoms with Gasteiger partial charge >= 0.3 is 0 Å². The van der Waals surface area contributed by atoms with Crippen molar-refractivity contribution >= 4 is 27.5 Å². The molecule has 2 heterocycles. The summed E-state index contributed by atoms with van der Waals surface area (Å²) < 4.78 is 28.6. The molecule has 0 radical (unpaired) electrons. The van der Waals surface area contributed by atoms with E-state index in [0.29, 0.717) is 25.1 Å². The van der Waals surface area contributed by atoms with Gasteiger partial charge in [-0.3, -0.25) is 14.3 Å². The van der Waals surface area contributed by atoms with E-state index in [1.54, 1.807) is 36.5 Å². The predicted octanol–water partition coefficient (Wildman–Crippen LogP) is 1.98. The summed E-state index contributed by atoms with van der Waals surface area (Å²) in [6.45, 7) is 0.634. The van der Waals surface area contributed by atoms with Gasteiger partial charge in [-0.15, -0.1) is 0 Å². The van der Waals surface area contributed by atoms with Crippen molar-refractivity contribution in [1.82, 2.24) is 19.4 Å². The molecule has 1 saturated heterocycles. The molecule has 9 nitrogen and oxygen atoms in total. The van der Waals surface area contributed by atoms with Gasteiger partial charge in [-0.05, 0) is 37.8 Å². The number of hydrogen-bond acceptors (Lipinski definition) is 5. The molecule has 1 unspecified atom stereocenters. The van der Waals surface area contributed by atoms with Gasteiger partial charge in [0.25, 0.3) is 0 Å². The number of carbonyl (C=O) groups excluding carboxylic acids is 2. The second kappa shape index (κ2) is 9.83. The zero-order valence-electron chi connectivity index (χ0n) is 17.9. The SMILES string of the molecule is O=C(Cn1cc(NC(=O)C2CCCN(S(=O)(=O)c3ccccc3)C2)cn1)NC1CCCC1. The number of carbonyl (C=O) groups is 2. The van der Waals surface area contributed by atoms with E-state index in [0.717, 1.165) is 25.7 Å². The van der Waals surface area contributed by atoms with E-state index < -0.39 is 15.9 Å². The molecule has 10 heteroatoms. The van der Waals surface area contributed by atoms with Gasteiger partial charge in [-0.1, -0.05) is 31.0 Å². The Bertz CT molecular complexity index is 1050. The van der Waals surface area contributed by atoms with Gasteiger partial charge in [0.1, 0.15) is 6.54 Å². The van der Waals surface area contributed by atoms with E-state index >= 15 is 0 Å². The number of piperidine rings is 1. The minimum absolute atomic E-state index is 0.0908. The molecular formula is C22H29N5O4S. The highest BCUT2D eigenvalue weighted by atomic mass is 32.2. The number of benzene rings is 1. The van der Waals surface area contributed by atoms with Crippen LogP contribution in [0.3, 0.4) is 0 Å². The largest absolute Gasteiger partial charge is 0.352 e. The Balaban J connectivity index is 1.32. The lowest BCUT2D eigenvalue weighted by molar-refractivity contribution is -0.122. The van der Waals surface area contributed by atoms with Crippen LogP contribution in [0.25, 0.3) is 0 Å². The quantitative estimate of drug-likeness (QED) is 0.657. The van der Waals surface area contributed by atoms with E-state index in [1.807, 2.05) is 0 Å². The minimum atomic E-state index is -3.63. The van der Waals surface area contributed by atoms with E-state index in [-0.39, 0.29) is 35.8 Å². The molecule has 1 aromatic heterocycles. The summed E-state index contributed by atoms with van der Waals surface area (Å²) in [5.41, 5.74) is 0.492. The fourth-order valence-corrected chi connectivity index (χ4v) is 5.91. The Morgan fingerprint density at radius 2 is 1.81 bits per heavy atom. The molecule has 2 N–H and O–H groups in total. The Labute approximate surface area is 188 Å². The standard InChI is InChI=1S/C22H29N5O4S/c28-21(24-18-8-4-5-9-18)16-26-15-19(13-23-26)25-22(29)17-7-6-12-27(14-17)32(30,31)20-10-2-1-3-11-20/h1-3,10-11,13,15,17-18H,4-9,12,14,16H2,(H,24,28)(H,25,29). The molecule has 0 bridgehead atoms. The average Bonchev–Trinajstić information content (AvgIpc) is 3.46. The second-order valence-corrected chi connectivity index (χ2v) is 10.4. The summed E-state index contributed by atoms with van der Waals surface area (Å²) in [6, 6.07) is 8.52. The zero-order valence-corrected chi connectivity index (χ0v) is 18.8. The Hall–Kier alpha value is -2.72. The van der Waals surface area contributed by atoms with E-state index in [4.69, 9.17) is 0 Å². The van der Waals surface area contributed by atoms with Crippen molar-refractivity contribution in [1.29, 1.82) is 0 Å². The lowest BCUT2D eigenvalue weighted by Crippen LogP contribution is -2.43. The van der Waals surface area contributed by atoms with Crippen molar-refractivity contribution in [2.75, 3.05) is 18.4 Å². The first kappa shape index (κ1) is 22.5. The molecule has 2 aliphatic rings. The summed E-state index contributed by atoms with van der Waals surface area (Å²) in [4.78, 5) is 25.2. The smallest absolute Gasteiger partial charge is 0.243 e. The van der Waals surface area contributed by atoms with Gasteiger partial charge in [-0.25, -0.2) is 8.42 Å². The topological polar surface area (TPSA) is 113 Å². The Kier molecular flexibility index (Phi) is 6.90. The highest BCUT2D eigenvalue weighted by Crippen LogP contribution is 2.24. The fraction of sp³-hybridized carbons (Fsp3) is 0.500. The van der Waals surface area contributed by atoms with Crippen LogP contribution in [0, 0.1) is 5.92 Å². The monoisotopic (exact) mass is 459 g/mol. The highest BCUT2D eigenvalue weighted by molar-refractivity contribution is 7.89. The maximum atomic E-state index is 12.9. The third-order valence-corrected chi connectivity index (χ3v) is 7.94. The molecule has 0 spiro atoms. The summed E-state index contributed by atoms with van der Waals surface area (Å²) in [5.74, 6) is -0.781.